The highest BCUT2D eigenvalue weighted by atomic mass is 16.4. The second kappa shape index (κ2) is 3.73. The number of nitrogens with zero attached hydrogens (tertiary/aromatic N) is 2. The van der Waals surface area contributed by atoms with Crippen molar-refractivity contribution in [2.75, 3.05) is 0 Å². The third-order valence-corrected chi connectivity index (χ3v) is 2.90. The number of rotatable bonds is 2. The van der Waals surface area contributed by atoms with Gasteiger partial charge in [0.15, 0.2) is 5.65 Å². The van der Waals surface area contributed by atoms with Crippen LogP contribution in [0.5, 0.6) is 0 Å². The minimum absolute atomic E-state index is 0.116. The van der Waals surface area contributed by atoms with E-state index in [1.165, 1.54) is 4.68 Å². The van der Waals surface area contributed by atoms with Crippen LogP contribution in [0.3, 0.4) is 0 Å². The maximum absolute atomic E-state index is 11.8. The van der Waals surface area contributed by atoms with Gasteiger partial charge < -0.3 is 5.11 Å². The summed E-state index contributed by atoms with van der Waals surface area (Å²) in [6, 6.07) is 0. The predicted octanol–water partition coefficient (Wildman–Crippen LogP) is 0.506. The lowest BCUT2D eigenvalue weighted by Crippen LogP contribution is -2.13. The lowest BCUT2D eigenvalue weighted by Gasteiger charge is -2.06. The van der Waals surface area contributed by atoms with E-state index in [0.29, 0.717) is 27.9 Å². The zero-order chi connectivity index (χ0) is 12.7. The van der Waals surface area contributed by atoms with E-state index in [-0.39, 0.29) is 12.0 Å². The van der Waals surface area contributed by atoms with Crippen molar-refractivity contribution in [2.24, 2.45) is 7.05 Å². The van der Waals surface area contributed by atoms with Crippen molar-refractivity contribution >= 4 is 17.0 Å². The molecular formula is C11H13N3O3. The van der Waals surface area contributed by atoms with Gasteiger partial charge in [-0.2, -0.15) is 0 Å². The van der Waals surface area contributed by atoms with Crippen LogP contribution in [0.2, 0.25) is 0 Å². The Kier molecular flexibility index (Phi) is 2.49. The molecule has 0 spiro atoms. The van der Waals surface area contributed by atoms with E-state index in [1.807, 2.05) is 0 Å². The number of pyridine rings is 1. The SMILES string of the molecule is Cc1nc2[nH]n(C)c(=O)c2c(C)c1CC(=O)O. The number of H-pyrrole nitrogens is 1. The number of aryl methyl sites for hydroxylation is 3. The van der Waals surface area contributed by atoms with Crippen molar-refractivity contribution in [1.29, 1.82) is 0 Å². The van der Waals surface area contributed by atoms with Crippen LogP contribution in [0.1, 0.15) is 16.8 Å². The van der Waals surface area contributed by atoms with Gasteiger partial charge in [-0.1, -0.05) is 0 Å². The van der Waals surface area contributed by atoms with Gasteiger partial charge in [-0.15, -0.1) is 0 Å². The molecule has 0 saturated carbocycles. The third-order valence-electron chi connectivity index (χ3n) is 2.90. The van der Waals surface area contributed by atoms with Crippen LogP contribution in [0.25, 0.3) is 11.0 Å². The molecule has 0 bridgehead atoms. The molecule has 0 fully saturated rings. The summed E-state index contributed by atoms with van der Waals surface area (Å²) in [5.74, 6) is -0.926. The Morgan fingerprint density at radius 1 is 1.47 bits per heavy atom. The van der Waals surface area contributed by atoms with Crippen molar-refractivity contribution < 1.29 is 9.90 Å². The quantitative estimate of drug-likeness (QED) is 0.793. The number of carboxylic acids is 1. The Labute approximate surface area is 96.9 Å². The third kappa shape index (κ3) is 1.71. The summed E-state index contributed by atoms with van der Waals surface area (Å²) in [4.78, 5) is 26.9. The zero-order valence-corrected chi connectivity index (χ0v) is 9.87. The Balaban J connectivity index is 2.82. The highest BCUT2D eigenvalue weighted by Crippen LogP contribution is 2.19. The molecule has 0 unspecified atom stereocenters. The minimum atomic E-state index is -0.926. The molecule has 0 aliphatic rings. The van der Waals surface area contributed by atoms with Crippen LogP contribution in [0.15, 0.2) is 4.79 Å². The lowest BCUT2D eigenvalue weighted by atomic mass is 10.0. The number of hydrogen-bond donors (Lipinski definition) is 2. The van der Waals surface area contributed by atoms with E-state index in [0.717, 1.165) is 0 Å². The van der Waals surface area contributed by atoms with Crippen molar-refractivity contribution in [3.63, 3.8) is 0 Å². The number of carbonyl (C=O) groups is 1. The maximum Gasteiger partial charge on any atom is 0.307 e. The van der Waals surface area contributed by atoms with Gasteiger partial charge in [0.1, 0.15) is 0 Å². The van der Waals surface area contributed by atoms with Gasteiger partial charge in [0.05, 0.1) is 11.8 Å². The van der Waals surface area contributed by atoms with Crippen LogP contribution < -0.4 is 5.56 Å². The topological polar surface area (TPSA) is 88.0 Å². The molecule has 2 heterocycles. The fourth-order valence-electron chi connectivity index (χ4n) is 2.02. The number of aliphatic carboxylic acids is 1. The first-order valence-corrected chi connectivity index (χ1v) is 5.18. The fourth-order valence-corrected chi connectivity index (χ4v) is 2.02. The van der Waals surface area contributed by atoms with Crippen molar-refractivity contribution in [3.05, 3.63) is 27.2 Å². The second-order valence-electron chi connectivity index (χ2n) is 4.07. The van der Waals surface area contributed by atoms with Crippen LogP contribution in [0, 0.1) is 13.8 Å². The molecule has 0 atom stereocenters. The summed E-state index contributed by atoms with van der Waals surface area (Å²) in [7, 11) is 1.61. The van der Waals surface area contributed by atoms with E-state index in [2.05, 4.69) is 10.1 Å². The number of hydrogen-bond acceptors (Lipinski definition) is 3. The molecule has 0 aliphatic heterocycles. The summed E-state index contributed by atoms with van der Waals surface area (Å²) in [6.45, 7) is 3.50. The Morgan fingerprint density at radius 2 is 2.12 bits per heavy atom. The first-order chi connectivity index (χ1) is 7.91. The van der Waals surface area contributed by atoms with Gasteiger partial charge in [-0.05, 0) is 25.0 Å². The normalized spacial score (nSPS) is 11.0. The smallest absolute Gasteiger partial charge is 0.307 e. The molecule has 17 heavy (non-hydrogen) atoms. The van der Waals surface area contributed by atoms with E-state index < -0.39 is 5.97 Å². The molecule has 0 amide bonds. The molecule has 0 saturated heterocycles. The van der Waals surface area contributed by atoms with Gasteiger partial charge in [0.2, 0.25) is 0 Å². The highest BCUT2D eigenvalue weighted by molar-refractivity contribution is 5.82. The summed E-state index contributed by atoms with van der Waals surface area (Å²) < 4.78 is 1.34. The van der Waals surface area contributed by atoms with Crippen LogP contribution >= 0.6 is 0 Å². The predicted molar refractivity (Wildman–Crippen MR) is 62.1 cm³/mol. The number of aromatic nitrogens is 3. The van der Waals surface area contributed by atoms with Crippen LogP contribution in [-0.2, 0) is 18.3 Å². The molecule has 0 aromatic carbocycles. The summed E-state index contributed by atoms with van der Waals surface area (Å²) in [5, 5.41) is 12.1. The number of aromatic amines is 1. The molecule has 6 nitrogen and oxygen atoms in total. The standard InChI is InChI=1S/C11H13N3O3/c1-5-7(4-8(15)16)6(2)12-10-9(5)11(17)14(3)13-10/h4H2,1-3H3,(H,12,13)(H,15,16). The average molecular weight is 235 g/mol. The van der Waals surface area contributed by atoms with Gasteiger partial charge in [0.25, 0.3) is 5.56 Å². The van der Waals surface area contributed by atoms with Crippen LogP contribution in [-0.4, -0.2) is 25.8 Å². The van der Waals surface area contributed by atoms with Crippen LogP contribution in [0.4, 0.5) is 0 Å². The first-order valence-electron chi connectivity index (χ1n) is 5.18. The average Bonchev–Trinajstić information content (AvgIpc) is 2.49. The van der Waals surface area contributed by atoms with E-state index in [9.17, 15) is 9.59 Å². The monoisotopic (exact) mass is 235 g/mol. The molecule has 2 rings (SSSR count). The van der Waals surface area contributed by atoms with Crippen molar-refractivity contribution in [1.82, 2.24) is 14.8 Å². The molecule has 0 radical (unpaired) electrons. The molecule has 2 aromatic rings. The fraction of sp³-hybridized carbons (Fsp3) is 0.364. The molecule has 2 N–H and O–H groups in total. The number of nitrogens with one attached hydrogen (secondary N) is 1. The van der Waals surface area contributed by atoms with Gasteiger partial charge in [-0.3, -0.25) is 19.4 Å². The van der Waals surface area contributed by atoms with Gasteiger partial charge in [-0.25, -0.2) is 4.98 Å². The highest BCUT2D eigenvalue weighted by Gasteiger charge is 2.16. The summed E-state index contributed by atoms with van der Waals surface area (Å²) in [5.41, 5.74) is 2.26. The number of fused-ring (bicyclic) bond motifs is 1. The Morgan fingerprint density at radius 3 is 2.71 bits per heavy atom. The zero-order valence-electron chi connectivity index (χ0n) is 9.87. The van der Waals surface area contributed by atoms with Crippen molar-refractivity contribution in [2.45, 2.75) is 20.3 Å². The molecule has 2 aromatic heterocycles. The lowest BCUT2D eigenvalue weighted by molar-refractivity contribution is -0.136. The molecular weight excluding hydrogens is 222 g/mol. The first kappa shape index (κ1) is 11.4. The molecule has 0 aliphatic carbocycles. The molecule has 90 valence electrons. The summed E-state index contributed by atoms with van der Waals surface area (Å²) >= 11 is 0. The van der Waals surface area contributed by atoms with Gasteiger partial charge in [0, 0.05) is 12.7 Å². The summed E-state index contributed by atoms with van der Waals surface area (Å²) in [6.07, 6.45) is -0.116. The minimum Gasteiger partial charge on any atom is -0.481 e. The Hall–Kier alpha value is -2.11. The van der Waals surface area contributed by atoms with E-state index in [4.69, 9.17) is 5.11 Å². The van der Waals surface area contributed by atoms with Crippen molar-refractivity contribution in [3.8, 4) is 0 Å². The Bertz CT molecular complexity index is 667. The van der Waals surface area contributed by atoms with E-state index >= 15 is 0 Å². The van der Waals surface area contributed by atoms with Gasteiger partial charge >= 0.3 is 5.97 Å². The largest absolute Gasteiger partial charge is 0.481 e. The molecule has 6 heteroatoms. The second-order valence-corrected chi connectivity index (χ2v) is 4.07. The van der Waals surface area contributed by atoms with E-state index in [1.54, 1.807) is 20.9 Å². The number of carboxylic acid groups (broad SMARTS) is 1. The maximum atomic E-state index is 11.8.